The highest BCUT2D eigenvalue weighted by Crippen LogP contribution is 2.20. The number of hydrogen-bond acceptors (Lipinski definition) is 5. The smallest absolute Gasteiger partial charge is 0.137 e. The topological polar surface area (TPSA) is 77.9 Å². The van der Waals surface area contributed by atoms with Crippen LogP contribution in [0.1, 0.15) is 13.8 Å². The van der Waals surface area contributed by atoms with E-state index in [1.54, 1.807) is 0 Å². The van der Waals surface area contributed by atoms with Gasteiger partial charge in [0.2, 0.25) is 0 Å². The van der Waals surface area contributed by atoms with Crippen LogP contribution < -0.4 is 10.4 Å². The molecule has 0 aliphatic rings. The Hall–Kier alpha value is -2.17. The maximum Gasteiger partial charge on any atom is 0.137 e. The van der Waals surface area contributed by atoms with Crippen LogP contribution in [-0.4, -0.2) is 22.0 Å². The van der Waals surface area contributed by atoms with Gasteiger partial charge in [0.15, 0.2) is 0 Å². The van der Waals surface area contributed by atoms with Crippen molar-refractivity contribution >= 4 is 22.7 Å². The zero-order valence-electron chi connectivity index (χ0n) is 10.3. The Morgan fingerprint density at radius 2 is 2.00 bits per heavy atom. The zero-order valence-corrected chi connectivity index (χ0v) is 10.3. The van der Waals surface area contributed by atoms with Crippen LogP contribution in [0.5, 0.6) is 0 Å². The number of rotatable bonds is 4. The van der Waals surface area contributed by atoms with Gasteiger partial charge in [-0.1, -0.05) is 26.0 Å². The molecule has 2 aromatic rings. The Morgan fingerprint density at radius 3 is 2.67 bits per heavy atom. The largest absolute Gasteiger partial charge is 0.548 e. The van der Waals surface area contributed by atoms with Crippen LogP contribution in [0, 0.1) is 5.92 Å². The minimum atomic E-state index is -1.13. The van der Waals surface area contributed by atoms with Crippen molar-refractivity contribution < 1.29 is 9.90 Å². The molecule has 1 aromatic carbocycles. The fourth-order valence-electron chi connectivity index (χ4n) is 1.76. The predicted octanol–water partition coefficient (Wildman–Crippen LogP) is 0.816. The van der Waals surface area contributed by atoms with E-state index >= 15 is 0 Å². The van der Waals surface area contributed by atoms with Gasteiger partial charge in [0.05, 0.1) is 17.5 Å². The monoisotopic (exact) mass is 244 g/mol. The van der Waals surface area contributed by atoms with Crippen LogP contribution in [0.4, 0.5) is 5.82 Å². The molecule has 1 aromatic heterocycles. The van der Waals surface area contributed by atoms with Crippen molar-refractivity contribution in [1.29, 1.82) is 0 Å². The van der Waals surface area contributed by atoms with Crippen molar-refractivity contribution in [2.45, 2.75) is 19.9 Å². The van der Waals surface area contributed by atoms with E-state index in [4.69, 9.17) is 0 Å². The van der Waals surface area contributed by atoms with Crippen LogP contribution in [0.25, 0.3) is 10.9 Å². The van der Waals surface area contributed by atoms with Gasteiger partial charge in [-0.3, -0.25) is 0 Å². The minimum Gasteiger partial charge on any atom is -0.548 e. The zero-order chi connectivity index (χ0) is 13.1. The van der Waals surface area contributed by atoms with E-state index in [1.807, 2.05) is 38.1 Å². The average molecular weight is 244 g/mol. The number of hydrogen-bond donors (Lipinski definition) is 1. The maximum atomic E-state index is 11.1. The molecule has 0 spiro atoms. The van der Waals surface area contributed by atoms with E-state index in [0.29, 0.717) is 5.82 Å². The van der Waals surface area contributed by atoms with Crippen molar-refractivity contribution in [3.8, 4) is 0 Å². The standard InChI is InChI=1S/C13H15N3O2/c1-8(2)11(13(17)18)16-12-9-5-3-4-6-10(9)14-7-15-12/h3-8,11H,1-2H3,(H,17,18)(H,14,15,16)/p-1. The number of carbonyl (C=O) groups is 1. The van der Waals surface area contributed by atoms with Crippen molar-refractivity contribution in [3.63, 3.8) is 0 Å². The van der Waals surface area contributed by atoms with Gasteiger partial charge >= 0.3 is 0 Å². The number of aromatic nitrogens is 2. The first-order valence-corrected chi connectivity index (χ1v) is 5.76. The Labute approximate surface area is 105 Å². The third-order valence-corrected chi connectivity index (χ3v) is 2.76. The number of carboxylic acid groups (broad SMARTS) is 1. The molecule has 0 saturated heterocycles. The highest BCUT2D eigenvalue weighted by molar-refractivity contribution is 5.90. The fraction of sp³-hybridized carbons (Fsp3) is 0.308. The second-order valence-corrected chi connectivity index (χ2v) is 4.42. The molecule has 94 valence electrons. The molecule has 0 fully saturated rings. The molecule has 1 heterocycles. The third-order valence-electron chi connectivity index (χ3n) is 2.76. The summed E-state index contributed by atoms with van der Waals surface area (Å²) in [6.45, 7) is 3.63. The van der Waals surface area contributed by atoms with Gasteiger partial charge in [-0.05, 0) is 18.1 Å². The number of aliphatic carboxylic acids is 1. The molecule has 0 amide bonds. The molecule has 5 heteroatoms. The minimum absolute atomic E-state index is 0.0938. The number of fused-ring (bicyclic) bond motifs is 1. The number of carbonyl (C=O) groups excluding carboxylic acids is 1. The first-order chi connectivity index (χ1) is 8.59. The summed E-state index contributed by atoms with van der Waals surface area (Å²) in [4.78, 5) is 19.3. The number of carboxylic acids is 1. The van der Waals surface area contributed by atoms with Gasteiger partial charge in [0.25, 0.3) is 0 Å². The molecule has 0 saturated carbocycles. The molecule has 2 rings (SSSR count). The predicted molar refractivity (Wildman–Crippen MR) is 66.8 cm³/mol. The molecule has 0 bridgehead atoms. The number of para-hydroxylation sites is 1. The van der Waals surface area contributed by atoms with Gasteiger partial charge in [-0.25, -0.2) is 9.97 Å². The number of benzene rings is 1. The van der Waals surface area contributed by atoms with Crippen molar-refractivity contribution in [3.05, 3.63) is 30.6 Å². The molecule has 0 aliphatic heterocycles. The maximum absolute atomic E-state index is 11.1. The van der Waals surface area contributed by atoms with E-state index in [1.165, 1.54) is 6.33 Å². The summed E-state index contributed by atoms with van der Waals surface area (Å²) in [5.41, 5.74) is 0.774. The highest BCUT2D eigenvalue weighted by Gasteiger charge is 2.16. The van der Waals surface area contributed by atoms with Crippen LogP contribution >= 0.6 is 0 Å². The Kier molecular flexibility index (Phi) is 3.41. The summed E-state index contributed by atoms with van der Waals surface area (Å²) >= 11 is 0. The molecular weight excluding hydrogens is 230 g/mol. The fourth-order valence-corrected chi connectivity index (χ4v) is 1.76. The quantitative estimate of drug-likeness (QED) is 0.861. The second kappa shape index (κ2) is 5.00. The molecule has 5 nitrogen and oxygen atoms in total. The number of nitrogens with one attached hydrogen (secondary N) is 1. The molecule has 0 aliphatic carbocycles. The van der Waals surface area contributed by atoms with Crippen molar-refractivity contribution in [2.24, 2.45) is 5.92 Å². The summed E-state index contributed by atoms with van der Waals surface area (Å²) < 4.78 is 0. The summed E-state index contributed by atoms with van der Waals surface area (Å²) in [5, 5.41) is 14.8. The lowest BCUT2D eigenvalue weighted by Crippen LogP contribution is -2.44. The molecule has 1 N–H and O–H groups in total. The van der Waals surface area contributed by atoms with E-state index in [-0.39, 0.29) is 5.92 Å². The summed E-state index contributed by atoms with van der Waals surface area (Å²) in [7, 11) is 0. The third kappa shape index (κ3) is 2.40. The normalized spacial score (nSPS) is 12.6. The van der Waals surface area contributed by atoms with Crippen LogP contribution in [0.15, 0.2) is 30.6 Å². The molecule has 0 radical (unpaired) electrons. The summed E-state index contributed by atoms with van der Waals surface area (Å²) in [6, 6.07) is 6.66. The molecular formula is C13H14N3O2-. The van der Waals surface area contributed by atoms with Gasteiger partial charge < -0.3 is 15.2 Å². The van der Waals surface area contributed by atoms with E-state index in [9.17, 15) is 9.90 Å². The Morgan fingerprint density at radius 1 is 1.28 bits per heavy atom. The summed E-state index contributed by atoms with van der Waals surface area (Å²) in [5.74, 6) is -0.708. The van der Waals surface area contributed by atoms with Gasteiger partial charge in [0.1, 0.15) is 12.1 Å². The lowest BCUT2D eigenvalue weighted by atomic mass is 10.0. The van der Waals surface area contributed by atoms with Gasteiger partial charge in [0, 0.05) is 5.39 Å². The van der Waals surface area contributed by atoms with Gasteiger partial charge in [-0.15, -0.1) is 0 Å². The Bertz CT molecular complexity index is 564. The molecule has 1 unspecified atom stereocenters. The first kappa shape index (κ1) is 12.3. The van der Waals surface area contributed by atoms with E-state index < -0.39 is 12.0 Å². The molecule has 18 heavy (non-hydrogen) atoms. The SMILES string of the molecule is CC(C)C(Nc1ncnc2ccccc12)C(=O)[O-]. The lowest BCUT2D eigenvalue weighted by molar-refractivity contribution is -0.307. The van der Waals surface area contributed by atoms with E-state index in [2.05, 4.69) is 15.3 Å². The van der Waals surface area contributed by atoms with Gasteiger partial charge in [-0.2, -0.15) is 0 Å². The first-order valence-electron chi connectivity index (χ1n) is 5.76. The van der Waals surface area contributed by atoms with Crippen molar-refractivity contribution in [1.82, 2.24) is 9.97 Å². The van der Waals surface area contributed by atoms with Crippen LogP contribution in [0.2, 0.25) is 0 Å². The summed E-state index contributed by atoms with van der Waals surface area (Å²) in [6.07, 6.45) is 1.41. The molecule has 1 atom stereocenters. The highest BCUT2D eigenvalue weighted by atomic mass is 16.4. The Balaban J connectivity index is 2.39. The number of nitrogens with zero attached hydrogens (tertiary/aromatic N) is 2. The lowest BCUT2D eigenvalue weighted by Gasteiger charge is -2.24. The van der Waals surface area contributed by atoms with Crippen LogP contribution in [-0.2, 0) is 4.79 Å². The van der Waals surface area contributed by atoms with Crippen LogP contribution in [0.3, 0.4) is 0 Å². The average Bonchev–Trinajstić information content (AvgIpc) is 2.35. The number of anilines is 1. The second-order valence-electron chi connectivity index (χ2n) is 4.42. The van der Waals surface area contributed by atoms with Crippen molar-refractivity contribution in [2.75, 3.05) is 5.32 Å². The van der Waals surface area contributed by atoms with E-state index in [0.717, 1.165) is 10.9 Å².